The molecule has 2 fully saturated rings. The van der Waals surface area contributed by atoms with Crippen molar-refractivity contribution in [2.45, 2.75) is 32.6 Å². The number of piperidine rings is 1. The summed E-state index contributed by atoms with van der Waals surface area (Å²) in [6, 6.07) is 4.97. The Morgan fingerprint density at radius 2 is 1.96 bits per heavy atom. The van der Waals surface area contributed by atoms with Crippen LogP contribution in [0.25, 0.3) is 11.4 Å². The predicted octanol–water partition coefficient (Wildman–Crippen LogP) is 2.77. The molecule has 0 atom stereocenters. The first kappa shape index (κ1) is 16.6. The highest BCUT2D eigenvalue weighted by molar-refractivity contribution is 5.54. The van der Waals surface area contributed by atoms with Crippen LogP contribution >= 0.6 is 0 Å². The maximum atomic E-state index is 13.7. The van der Waals surface area contributed by atoms with Crippen LogP contribution in [0.15, 0.2) is 22.7 Å². The molecular formula is C18H22FN3O3. The normalized spacial score (nSPS) is 20.4. The highest BCUT2D eigenvalue weighted by atomic mass is 19.1. The van der Waals surface area contributed by atoms with E-state index in [1.165, 1.54) is 6.07 Å². The Hall–Kier alpha value is -1.83. The molecule has 1 aromatic carbocycles. The van der Waals surface area contributed by atoms with Gasteiger partial charge in [-0.3, -0.25) is 4.90 Å². The molecule has 0 unspecified atom stereocenters. The van der Waals surface area contributed by atoms with Gasteiger partial charge in [-0.2, -0.15) is 4.98 Å². The molecule has 2 saturated heterocycles. The van der Waals surface area contributed by atoms with Gasteiger partial charge in [0.25, 0.3) is 0 Å². The molecule has 0 radical (unpaired) electrons. The number of nitrogens with zero attached hydrogens (tertiary/aromatic N) is 3. The zero-order valence-electron chi connectivity index (χ0n) is 14.3. The van der Waals surface area contributed by atoms with Gasteiger partial charge in [0, 0.05) is 11.5 Å². The Balaban J connectivity index is 1.34. The van der Waals surface area contributed by atoms with Crippen LogP contribution in [-0.4, -0.2) is 47.6 Å². The number of likely N-dealkylation sites (tertiary alicyclic amines) is 1. The number of ether oxygens (including phenoxy) is 2. The van der Waals surface area contributed by atoms with Gasteiger partial charge in [-0.15, -0.1) is 0 Å². The number of hydrogen-bond donors (Lipinski definition) is 0. The van der Waals surface area contributed by atoms with Crippen LogP contribution in [0.5, 0.6) is 0 Å². The summed E-state index contributed by atoms with van der Waals surface area (Å²) in [6.07, 6.45) is 2.04. The summed E-state index contributed by atoms with van der Waals surface area (Å²) in [5.41, 5.74) is 1.23. The molecule has 0 saturated carbocycles. The number of hydrogen-bond acceptors (Lipinski definition) is 6. The highest BCUT2D eigenvalue weighted by Gasteiger charge is 2.30. The van der Waals surface area contributed by atoms with E-state index < -0.39 is 0 Å². The lowest BCUT2D eigenvalue weighted by Gasteiger charge is -2.32. The average Bonchev–Trinajstić information content (AvgIpc) is 3.30. The van der Waals surface area contributed by atoms with Gasteiger partial charge in [0.2, 0.25) is 11.7 Å². The Bertz CT molecular complexity index is 722. The van der Waals surface area contributed by atoms with Gasteiger partial charge in [0.15, 0.2) is 6.29 Å². The second-order valence-electron chi connectivity index (χ2n) is 6.70. The second kappa shape index (κ2) is 7.19. The Morgan fingerprint density at radius 1 is 1.20 bits per heavy atom. The molecule has 6 nitrogen and oxygen atoms in total. The maximum Gasteiger partial charge on any atom is 0.241 e. The van der Waals surface area contributed by atoms with Gasteiger partial charge in [0.05, 0.1) is 19.8 Å². The zero-order valence-corrected chi connectivity index (χ0v) is 14.3. The lowest BCUT2D eigenvalue weighted by Crippen LogP contribution is -2.37. The molecule has 2 aliphatic heterocycles. The molecule has 134 valence electrons. The molecule has 4 rings (SSSR count). The second-order valence-corrected chi connectivity index (χ2v) is 6.70. The minimum absolute atomic E-state index is 0.0337. The van der Waals surface area contributed by atoms with Gasteiger partial charge in [0.1, 0.15) is 5.82 Å². The summed E-state index contributed by atoms with van der Waals surface area (Å²) in [5, 5.41) is 3.98. The summed E-state index contributed by atoms with van der Waals surface area (Å²) in [7, 11) is 0. The number of aromatic nitrogens is 2. The maximum absolute atomic E-state index is 13.7. The van der Waals surface area contributed by atoms with E-state index in [9.17, 15) is 4.39 Å². The van der Waals surface area contributed by atoms with Crippen LogP contribution in [0.1, 0.15) is 24.3 Å². The monoisotopic (exact) mass is 347 g/mol. The first-order valence-corrected chi connectivity index (χ1v) is 8.74. The largest absolute Gasteiger partial charge is 0.350 e. The van der Waals surface area contributed by atoms with E-state index in [0.717, 1.165) is 25.9 Å². The molecule has 1 aromatic heterocycles. The van der Waals surface area contributed by atoms with Crippen LogP contribution in [-0.2, 0) is 16.0 Å². The van der Waals surface area contributed by atoms with Crippen molar-refractivity contribution in [1.82, 2.24) is 15.0 Å². The van der Waals surface area contributed by atoms with Crippen molar-refractivity contribution >= 4 is 0 Å². The van der Waals surface area contributed by atoms with Crippen molar-refractivity contribution in [2.75, 3.05) is 26.3 Å². The van der Waals surface area contributed by atoms with Crippen LogP contribution in [0.3, 0.4) is 0 Å². The molecule has 0 aliphatic carbocycles. The number of halogens is 1. The molecule has 2 aromatic rings. The quantitative estimate of drug-likeness (QED) is 0.848. The Kier molecular flexibility index (Phi) is 4.78. The van der Waals surface area contributed by atoms with Crippen molar-refractivity contribution in [1.29, 1.82) is 0 Å². The van der Waals surface area contributed by atoms with Crippen LogP contribution in [0.2, 0.25) is 0 Å². The molecular weight excluding hydrogens is 325 g/mol. The van der Waals surface area contributed by atoms with Crippen molar-refractivity contribution in [3.8, 4) is 11.4 Å². The van der Waals surface area contributed by atoms with E-state index in [4.69, 9.17) is 14.0 Å². The summed E-state index contributed by atoms with van der Waals surface area (Å²) in [5.74, 6) is 1.19. The van der Waals surface area contributed by atoms with E-state index >= 15 is 0 Å². The zero-order chi connectivity index (χ0) is 17.2. The molecule has 0 amide bonds. The fourth-order valence-corrected chi connectivity index (χ4v) is 3.39. The highest BCUT2D eigenvalue weighted by Crippen LogP contribution is 2.26. The fourth-order valence-electron chi connectivity index (χ4n) is 3.39. The van der Waals surface area contributed by atoms with Crippen LogP contribution < -0.4 is 0 Å². The van der Waals surface area contributed by atoms with Crippen molar-refractivity contribution in [2.24, 2.45) is 5.92 Å². The van der Waals surface area contributed by atoms with Gasteiger partial charge in [-0.25, -0.2) is 4.39 Å². The lowest BCUT2D eigenvalue weighted by atomic mass is 9.96. The van der Waals surface area contributed by atoms with Gasteiger partial charge in [-0.1, -0.05) is 17.3 Å². The molecule has 0 N–H and O–H groups in total. The SMILES string of the molecule is Cc1ccc(-c2noc(CN3CCC(C4OCCO4)CC3)n2)cc1F. The summed E-state index contributed by atoms with van der Waals surface area (Å²) in [6.45, 7) is 5.65. The fraction of sp³-hybridized carbons (Fsp3) is 0.556. The topological polar surface area (TPSA) is 60.6 Å². The average molecular weight is 347 g/mol. The van der Waals surface area contributed by atoms with Crippen molar-refractivity contribution in [3.05, 3.63) is 35.5 Å². The molecule has 3 heterocycles. The Labute approximate surface area is 145 Å². The summed E-state index contributed by atoms with van der Waals surface area (Å²) in [4.78, 5) is 6.70. The van der Waals surface area contributed by atoms with Crippen molar-refractivity contribution in [3.63, 3.8) is 0 Å². The first-order chi connectivity index (χ1) is 12.2. The minimum atomic E-state index is -0.262. The number of rotatable bonds is 4. The third-order valence-corrected chi connectivity index (χ3v) is 4.92. The molecule has 25 heavy (non-hydrogen) atoms. The third kappa shape index (κ3) is 3.73. The van der Waals surface area contributed by atoms with Gasteiger partial charge in [-0.05, 0) is 44.5 Å². The van der Waals surface area contributed by atoms with E-state index in [1.54, 1.807) is 19.1 Å². The van der Waals surface area contributed by atoms with Gasteiger partial charge >= 0.3 is 0 Å². The predicted molar refractivity (Wildman–Crippen MR) is 88.1 cm³/mol. The summed E-state index contributed by atoms with van der Waals surface area (Å²) >= 11 is 0. The third-order valence-electron chi connectivity index (χ3n) is 4.92. The minimum Gasteiger partial charge on any atom is -0.350 e. The van der Waals surface area contributed by atoms with Gasteiger partial charge < -0.3 is 14.0 Å². The molecule has 0 spiro atoms. The van der Waals surface area contributed by atoms with E-state index in [-0.39, 0.29) is 12.1 Å². The smallest absolute Gasteiger partial charge is 0.241 e. The lowest BCUT2D eigenvalue weighted by molar-refractivity contribution is -0.0981. The summed E-state index contributed by atoms with van der Waals surface area (Å²) < 4.78 is 30.2. The van der Waals surface area contributed by atoms with Crippen LogP contribution in [0.4, 0.5) is 4.39 Å². The van der Waals surface area contributed by atoms with E-state index in [0.29, 0.717) is 48.5 Å². The molecule has 2 aliphatic rings. The molecule has 7 heteroatoms. The van der Waals surface area contributed by atoms with E-state index in [1.807, 2.05) is 0 Å². The van der Waals surface area contributed by atoms with E-state index in [2.05, 4.69) is 15.0 Å². The number of aryl methyl sites for hydroxylation is 1. The van der Waals surface area contributed by atoms with Crippen molar-refractivity contribution < 1.29 is 18.4 Å². The molecule has 0 bridgehead atoms. The number of benzene rings is 1. The first-order valence-electron chi connectivity index (χ1n) is 8.74. The van der Waals surface area contributed by atoms with Crippen LogP contribution in [0, 0.1) is 18.7 Å². The Morgan fingerprint density at radius 3 is 2.68 bits per heavy atom. The standard InChI is InChI=1S/C18H22FN3O3/c1-12-2-3-14(10-15(12)19)17-20-16(25-21-17)11-22-6-4-13(5-7-22)18-23-8-9-24-18/h2-3,10,13,18H,4-9,11H2,1H3.